The fourth-order valence-electron chi connectivity index (χ4n) is 1.07. The van der Waals surface area contributed by atoms with E-state index in [2.05, 4.69) is 4.99 Å². The van der Waals surface area contributed by atoms with Crippen molar-refractivity contribution in [2.24, 2.45) is 4.99 Å². The van der Waals surface area contributed by atoms with Crippen molar-refractivity contribution in [3.05, 3.63) is 0 Å². The molecule has 5 heteroatoms. The van der Waals surface area contributed by atoms with E-state index >= 15 is 0 Å². The first-order chi connectivity index (χ1) is 7.20. The van der Waals surface area contributed by atoms with Gasteiger partial charge in [0.1, 0.15) is 5.84 Å². The Balaban J connectivity index is 3.28. The Kier molecular flexibility index (Phi) is 8.76. The average molecular weight is 216 g/mol. The lowest BCUT2D eigenvalue weighted by atomic mass is 10.2. The summed E-state index contributed by atoms with van der Waals surface area (Å²) in [5, 5.41) is 8.43. The summed E-state index contributed by atoms with van der Waals surface area (Å²) in [5.41, 5.74) is 1.97. The maximum Gasteiger partial charge on any atom is 0.305 e. The van der Waals surface area contributed by atoms with Crippen molar-refractivity contribution in [3.63, 3.8) is 0 Å². The van der Waals surface area contributed by atoms with Crippen LogP contribution in [0.2, 0.25) is 0 Å². The summed E-state index contributed by atoms with van der Waals surface area (Å²) in [6, 6.07) is 0. The molecule has 0 aromatic rings. The Bertz CT molecular complexity index is 205. The predicted octanol–water partition coefficient (Wildman–Crippen LogP) is 1.51. The summed E-state index contributed by atoms with van der Waals surface area (Å²) in [6.07, 6.45) is 3.17. The number of nitrogens with zero attached hydrogens (tertiary/aromatic N) is 1. The van der Waals surface area contributed by atoms with Crippen LogP contribution in [0.5, 0.6) is 0 Å². The summed E-state index contributed by atoms with van der Waals surface area (Å²) in [5.74, 6) is 0.384. The molecule has 0 saturated heterocycles. The quantitative estimate of drug-likeness (QED) is 0.222. The minimum Gasteiger partial charge on any atom is -0.466 e. The van der Waals surface area contributed by atoms with Gasteiger partial charge in [-0.2, -0.15) is 0 Å². The van der Waals surface area contributed by atoms with Gasteiger partial charge in [0.25, 0.3) is 0 Å². The van der Waals surface area contributed by atoms with Crippen LogP contribution in [0.1, 0.15) is 39.5 Å². The number of carbonyl (C=O) groups excluding carboxylic acids is 1. The zero-order chi connectivity index (χ0) is 11.5. The van der Waals surface area contributed by atoms with Gasteiger partial charge in [0, 0.05) is 13.0 Å². The minimum absolute atomic E-state index is 0.130. The van der Waals surface area contributed by atoms with Gasteiger partial charge in [-0.3, -0.25) is 20.5 Å². The Morgan fingerprint density at radius 3 is 2.73 bits per heavy atom. The second-order valence-electron chi connectivity index (χ2n) is 3.19. The van der Waals surface area contributed by atoms with Gasteiger partial charge in [-0.05, 0) is 26.7 Å². The van der Waals surface area contributed by atoms with Crippen LogP contribution in [0.25, 0.3) is 0 Å². The fraction of sp³-hybridized carbons (Fsp3) is 0.800. The maximum atomic E-state index is 10.9. The van der Waals surface area contributed by atoms with Crippen LogP contribution in [-0.2, 0) is 9.53 Å². The second kappa shape index (κ2) is 9.45. The lowest BCUT2D eigenvalue weighted by Crippen LogP contribution is -2.14. The number of hydroxylamine groups is 1. The summed E-state index contributed by atoms with van der Waals surface area (Å²) >= 11 is 0. The highest BCUT2D eigenvalue weighted by atomic mass is 16.5. The van der Waals surface area contributed by atoms with E-state index in [1.807, 2.05) is 5.48 Å². The van der Waals surface area contributed by atoms with Gasteiger partial charge in [-0.25, -0.2) is 0 Å². The van der Waals surface area contributed by atoms with E-state index < -0.39 is 0 Å². The minimum atomic E-state index is -0.130. The number of rotatable bonds is 7. The zero-order valence-electron chi connectivity index (χ0n) is 9.45. The lowest BCUT2D eigenvalue weighted by molar-refractivity contribution is -0.143. The van der Waals surface area contributed by atoms with Crippen molar-refractivity contribution >= 4 is 11.8 Å². The van der Waals surface area contributed by atoms with Crippen LogP contribution in [0.4, 0.5) is 0 Å². The molecule has 0 radical (unpaired) electrons. The molecule has 5 nitrogen and oxygen atoms in total. The largest absolute Gasteiger partial charge is 0.466 e. The molecule has 0 aliphatic carbocycles. The molecule has 0 unspecified atom stereocenters. The van der Waals surface area contributed by atoms with Gasteiger partial charge in [-0.1, -0.05) is 6.42 Å². The lowest BCUT2D eigenvalue weighted by Gasteiger charge is -2.01. The molecule has 2 N–H and O–H groups in total. The monoisotopic (exact) mass is 216 g/mol. The number of ether oxygens (including phenoxy) is 1. The molecule has 88 valence electrons. The number of carbonyl (C=O) groups is 1. The topological polar surface area (TPSA) is 70.9 Å². The van der Waals surface area contributed by atoms with E-state index in [0.29, 0.717) is 25.4 Å². The third kappa shape index (κ3) is 9.21. The molecule has 0 aromatic carbocycles. The molecule has 0 aromatic heterocycles. The Morgan fingerprint density at radius 1 is 1.40 bits per heavy atom. The first-order valence-corrected chi connectivity index (χ1v) is 5.27. The average Bonchev–Trinajstić information content (AvgIpc) is 2.23. The van der Waals surface area contributed by atoms with Crippen molar-refractivity contribution < 1.29 is 14.7 Å². The van der Waals surface area contributed by atoms with Crippen LogP contribution in [0.15, 0.2) is 4.99 Å². The van der Waals surface area contributed by atoms with Crippen LogP contribution >= 0.6 is 0 Å². The van der Waals surface area contributed by atoms with E-state index in [0.717, 1.165) is 19.3 Å². The number of nitrogens with one attached hydrogen (secondary N) is 1. The highest BCUT2D eigenvalue weighted by Crippen LogP contribution is 2.01. The van der Waals surface area contributed by atoms with Gasteiger partial charge < -0.3 is 4.74 Å². The van der Waals surface area contributed by atoms with Crippen LogP contribution in [-0.4, -0.2) is 30.2 Å². The van der Waals surface area contributed by atoms with E-state index in [-0.39, 0.29) is 5.97 Å². The van der Waals surface area contributed by atoms with Crippen molar-refractivity contribution in [3.8, 4) is 0 Å². The number of unbranched alkanes of at least 4 members (excludes halogenated alkanes) is 2. The van der Waals surface area contributed by atoms with Crippen molar-refractivity contribution in [1.29, 1.82) is 0 Å². The summed E-state index contributed by atoms with van der Waals surface area (Å²) in [4.78, 5) is 15.0. The van der Waals surface area contributed by atoms with Gasteiger partial charge in [0.15, 0.2) is 0 Å². The van der Waals surface area contributed by atoms with Gasteiger partial charge >= 0.3 is 5.97 Å². The first-order valence-electron chi connectivity index (χ1n) is 5.27. The first kappa shape index (κ1) is 13.9. The number of amidine groups is 1. The van der Waals surface area contributed by atoms with E-state index in [1.165, 1.54) is 0 Å². The molecule has 0 rings (SSSR count). The molecular formula is C10H20N2O3. The van der Waals surface area contributed by atoms with Crippen LogP contribution in [0, 0.1) is 0 Å². The molecule has 0 atom stereocenters. The number of hydrogen-bond donors (Lipinski definition) is 2. The van der Waals surface area contributed by atoms with Crippen LogP contribution in [0.3, 0.4) is 0 Å². The molecule has 0 amide bonds. The molecule has 15 heavy (non-hydrogen) atoms. The summed E-state index contributed by atoms with van der Waals surface area (Å²) in [6.45, 7) is 4.61. The molecule has 0 heterocycles. The Hall–Kier alpha value is -1.10. The fourth-order valence-corrected chi connectivity index (χ4v) is 1.07. The van der Waals surface area contributed by atoms with E-state index in [4.69, 9.17) is 9.94 Å². The van der Waals surface area contributed by atoms with Gasteiger partial charge in [-0.15, -0.1) is 0 Å². The SMILES string of the molecule is CCOC(=O)CCCCCN=C(C)NO. The Labute approximate surface area is 90.5 Å². The molecule has 0 bridgehead atoms. The number of esters is 1. The van der Waals surface area contributed by atoms with Crippen molar-refractivity contribution in [1.82, 2.24) is 5.48 Å². The highest BCUT2D eigenvalue weighted by Gasteiger charge is 1.99. The van der Waals surface area contributed by atoms with E-state index in [9.17, 15) is 4.79 Å². The summed E-state index contributed by atoms with van der Waals surface area (Å²) in [7, 11) is 0. The van der Waals surface area contributed by atoms with Crippen molar-refractivity contribution in [2.45, 2.75) is 39.5 Å². The number of aliphatic imine (C=N–C) groups is 1. The normalized spacial score (nSPS) is 11.3. The predicted molar refractivity (Wildman–Crippen MR) is 58.0 cm³/mol. The molecule has 0 aliphatic heterocycles. The number of hydrogen-bond acceptors (Lipinski definition) is 4. The third-order valence-corrected chi connectivity index (χ3v) is 1.86. The molecule has 0 aliphatic rings. The highest BCUT2D eigenvalue weighted by molar-refractivity contribution is 5.78. The third-order valence-electron chi connectivity index (χ3n) is 1.86. The molecule has 0 saturated carbocycles. The summed E-state index contributed by atoms with van der Waals surface area (Å²) < 4.78 is 4.79. The zero-order valence-corrected chi connectivity index (χ0v) is 9.45. The standard InChI is InChI=1S/C10H20N2O3/c1-3-15-10(13)7-5-4-6-8-11-9(2)12-14/h14H,3-8H2,1-2H3,(H,11,12). The Morgan fingerprint density at radius 2 is 2.13 bits per heavy atom. The molecule has 0 fully saturated rings. The molecular weight excluding hydrogens is 196 g/mol. The maximum absolute atomic E-state index is 10.9. The second-order valence-corrected chi connectivity index (χ2v) is 3.19. The van der Waals surface area contributed by atoms with E-state index in [1.54, 1.807) is 13.8 Å². The van der Waals surface area contributed by atoms with Crippen molar-refractivity contribution in [2.75, 3.05) is 13.2 Å². The van der Waals surface area contributed by atoms with Gasteiger partial charge in [0.2, 0.25) is 0 Å². The molecule has 0 spiro atoms. The van der Waals surface area contributed by atoms with Gasteiger partial charge in [0.05, 0.1) is 6.61 Å². The smallest absolute Gasteiger partial charge is 0.305 e. The van der Waals surface area contributed by atoms with Crippen LogP contribution < -0.4 is 5.48 Å².